The minimum absolute atomic E-state index is 0.307. The largest absolute Gasteiger partial charge is 0.467 e. The van der Waals surface area contributed by atoms with E-state index in [-0.39, 0.29) is 0 Å². The van der Waals surface area contributed by atoms with E-state index < -0.39 is 18.8 Å². The molecule has 4 rings (SSSR count). The number of hydrogen-bond donors (Lipinski definition) is 3. The Morgan fingerprint density at radius 3 is 2.82 bits per heavy atom. The minimum Gasteiger partial charge on any atom is -0.467 e. The number of amides is 2. The van der Waals surface area contributed by atoms with Crippen LogP contribution in [0.3, 0.4) is 0 Å². The molecule has 0 aliphatic rings. The lowest BCUT2D eigenvalue weighted by Gasteiger charge is -2.11. The van der Waals surface area contributed by atoms with Crippen molar-refractivity contribution in [3.63, 3.8) is 0 Å². The summed E-state index contributed by atoms with van der Waals surface area (Å²) in [5.74, 6) is 0.713. The third-order valence-electron chi connectivity index (χ3n) is 4.62. The molecule has 33 heavy (non-hydrogen) atoms. The van der Waals surface area contributed by atoms with Crippen LogP contribution in [0.1, 0.15) is 11.3 Å². The van der Waals surface area contributed by atoms with E-state index in [9.17, 15) is 18.0 Å². The van der Waals surface area contributed by atoms with Crippen molar-refractivity contribution in [2.75, 3.05) is 11.9 Å². The number of urea groups is 1. The molecule has 11 heteroatoms. The van der Waals surface area contributed by atoms with Crippen LogP contribution in [-0.4, -0.2) is 28.1 Å². The van der Waals surface area contributed by atoms with Gasteiger partial charge < -0.3 is 15.1 Å². The van der Waals surface area contributed by atoms with Crippen molar-refractivity contribution in [2.45, 2.75) is 19.3 Å². The summed E-state index contributed by atoms with van der Waals surface area (Å²) in [6, 6.07) is 13.3. The van der Waals surface area contributed by atoms with Gasteiger partial charge in [0.2, 0.25) is 0 Å². The molecule has 4 aromatic rings. The van der Waals surface area contributed by atoms with E-state index in [4.69, 9.17) is 9.25 Å². The number of hydroxylamine groups is 1. The Morgan fingerprint density at radius 1 is 1.15 bits per heavy atom. The van der Waals surface area contributed by atoms with Gasteiger partial charge in [-0.3, -0.25) is 9.24 Å². The molecule has 172 valence electrons. The van der Waals surface area contributed by atoms with Gasteiger partial charge >= 0.3 is 12.2 Å². The number of alkyl halides is 3. The molecular formula is C22H20F3N5O3. The summed E-state index contributed by atoms with van der Waals surface area (Å²) in [4.78, 5) is 21.5. The topological polar surface area (TPSA) is 92.8 Å². The molecule has 0 radical (unpaired) electrons. The van der Waals surface area contributed by atoms with E-state index in [0.717, 1.165) is 16.8 Å². The number of nitrogens with zero attached hydrogens (tertiary/aromatic N) is 2. The van der Waals surface area contributed by atoms with Crippen molar-refractivity contribution in [1.29, 1.82) is 0 Å². The highest BCUT2D eigenvalue weighted by atomic mass is 19.4. The van der Waals surface area contributed by atoms with Gasteiger partial charge in [-0.25, -0.2) is 9.78 Å². The summed E-state index contributed by atoms with van der Waals surface area (Å²) in [6.07, 6.45) is 0.646. The van der Waals surface area contributed by atoms with Gasteiger partial charge in [0.05, 0.1) is 18.2 Å². The number of carbonyl (C=O) groups is 1. The second-order valence-electron chi connectivity index (χ2n) is 7.10. The molecule has 1 aromatic carbocycles. The van der Waals surface area contributed by atoms with Crippen LogP contribution in [0.5, 0.6) is 0 Å². The van der Waals surface area contributed by atoms with E-state index in [1.165, 1.54) is 0 Å². The smallest absolute Gasteiger partial charge is 0.405 e. The van der Waals surface area contributed by atoms with E-state index >= 15 is 0 Å². The summed E-state index contributed by atoms with van der Waals surface area (Å²) in [7, 11) is 0. The highest BCUT2D eigenvalue weighted by molar-refractivity contribution is 5.90. The van der Waals surface area contributed by atoms with Gasteiger partial charge in [0.25, 0.3) is 0 Å². The van der Waals surface area contributed by atoms with Crippen LogP contribution in [0.15, 0.2) is 71.6 Å². The van der Waals surface area contributed by atoms with Gasteiger partial charge in [0, 0.05) is 24.0 Å². The molecule has 0 saturated carbocycles. The highest BCUT2D eigenvalue weighted by Gasteiger charge is 2.27. The number of fused-ring (bicyclic) bond motifs is 1. The SMILES string of the molecule is O=C(NCC(F)(F)F)Nc1cccc(-c2cnc3cc(CNOCc4ccco4)ccn23)c1. The normalized spacial score (nSPS) is 11.6. The summed E-state index contributed by atoms with van der Waals surface area (Å²) < 4.78 is 43.8. The van der Waals surface area contributed by atoms with Crippen molar-refractivity contribution >= 4 is 17.4 Å². The zero-order valence-electron chi connectivity index (χ0n) is 17.2. The molecule has 2 amide bonds. The average Bonchev–Trinajstić information content (AvgIpc) is 3.45. The van der Waals surface area contributed by atoms with Gasteiger partial charge in [-0.2, -0.15) is 18.7 Å². The van der Waals surface area contributed by atoms with E-state index in [0.29, 0.717) is 30.2 Å². The Hall–Kier alpha value is -3.83. The van der Waals surface area contributed by atoms with Gasteiger partial charge in [-0.05, 0) is 42.0 Å². The van der Waals surface area contributed by atoms with E-state index in [2.05, 4.69) is 15.8 Å². The second-order valence-corrected chi connectivity index (χ2v) is 7.10. The maximum atomic E-state index is 12.3. The molecular weight excluding hydrogens is 439 g/mol. The lowest BCUT2D eigenvalue weighted by atomic mass is 10.1. The molecule has 8 nitrogen and oxygen atoms in total. The molecule has 3 aromatic heterocycles. The van der Waals surface area contributed by atoms with Gasteiger partial charge in [-0.15, -0.1) is 0 Å². The first kappa shape index (κ1) is 22.4. The Bertz CT molecular complexity index is 1220. The predicted octanol–water partition coefficient (Wildman–Crippen LogP) is 4.50. The molecule has 0 aliphatic heterocycles. The third kappa shape index (κ3) is 6.11. The zero-order valence-corrected chi connectivity index (χ0v) is 17.2. The predicted molar refractivity (Wildman–Crippen MR) is 114 cm³/mol. The maximum Gasteiger partial charge on any atom is 0.405 e. The molecule has 0 spiro atoms. The summed E-state index contributed by atoms with van der Waals surface area (Å²) in [5, 5.41) is 4.18. The van der Waals surface area contributed by atoms with Crippen molar-refractivity contribution in [3.8, 4) is 11.3 Å². The monoisotopic (exact) mass is 459 g/mol. The molecule has 0 atom stereocenters. The van der Waals surface area contributed by atoms with Crippen LogP contribution >= 0.6 is 0 Å². The number of halogens is 3. The van der Waals surface area contributed by atoms with Crippen LogP contribution in [0.4, 0.5) is 23.7 Å². The summed E-state index contributed by atoms with van der Waals surface area (Å²) in [5.41, 5.74) is 6.39. The van der Waals surface area contributed by atoms with Crippen LogP contribution in [0.2, 0.25) is 0 Å². The number of nitrogens with one attached hydrogen (secondary N) is 3. The van der Waals surface area contributed by atoms with Gasteiger partial charge in [0.1, 0.15) is 24.6 Å². The van der Waals surface area contributed by atoms with Crippen LogP contribution in [0, 0.1) is 0 Å². The maximum absolute atomic E-state index is 12.3. The summed E-state index contributed by atoms with van der Waals surface area (Å²) >= 11 is 0. The zero-order chi connectivity index (χ0) is 23.3. The summed E-state index contributed by atoms with van der Waals surface area (Å²) in [6.45, 7) is -0.635. The van der Waals surface area contributed by atoms with Crippen molar-refractivity contribution in [3.05, 3.63) is 78.5 Å². The van der Waals surface area contributed by atoms with Gasteiger partial charge in [-0.1, -0.05) is 12.1 Å². The van der Waals surface area contributed by atoms with E-state index in [1.54, 1.807) is 42.0 Å². The number of pyridine rings is 1. The molecule has 0 fully saturated rings. The van der Waals surface area contributed by atoms with Crippen molar-refractivity contribution in [2.24, 2.45) is 0 Å². The number of carbonyl (C=O) groups excluding carboxylic acids is 1. The Morgan fingerprint density at radius 2 is 2.03 bits per heavy atom. The Balaban J connectivity index is 1.40. The second kappa shape index (κ2) is 9.76. The average molecular weight is 459 g/mol. The number of imidazole rings is 1. The number of aromatic nitrogens is 2. The van der Waals surface area contributed by atoms with Crippen LogP contribution < -0.4 is 16.1 Å². The van der Waals surface area contributed by atoms with Crippen molar-refractivity contribution < 1.29 is 27.2 Å². The minimum atomic E-state index is -4.48. The number of anilines is 1. The number of rotatable bonds is 8. The number of hydrogen-bond acceptors (Lipinski definition) is 5. The first-order valence-corrected chi connectivity index (χ1v) is 9.92. The van der Waals surface area contributed by atoms with Gasteiger partial charge in [0.15, 0.2) is 0 Å². The molecule has 0 unspecified atom stereocenters. The molecule has 0 saturated heterocycles. The molecule has 3 heterocycles. The first-order chi connectivity index (χ1) is 15.9. The highest BCUT2D eigenvalue weighted by Crippen LogP contribution is 2.24. The fourth-order valence-electron chi connectivity index (χ4n) is 3.11. The lowest BCUT2D eigenvalue weighted by molar-refractivity contribution is -0.122. The van der Waals surface area contributed by atoms with Crippen LogP contribution in [0.25, 0.3) is 16.9 Å². The Kier molecular flexibility index (Phi) is 6.61. The first-order valence-electron chi connectivity index (χ1n) is 9.92. The third-order valence-corrected chi connectivity index (χ3v) is 4.62. The molecule has 0 bridgehead atoms. The van der Waals surface area contributed by atoms with E-state index in [1.807, 2.05) is 34.9 Å². The van der Waals surface area contributed by atoms with Crippen molar-refractivity contribution in [1.82, 2.24) is 20.2 Å². The fourth-order valence-corrected chi connectivity index (χ4v) is 3.11. The van der Waals surface area contributed by atoms with Crippen LogP contribution in [-0.2, 0) is 18.0 Å². The fraction of sp³-hybridized carbons (Fsp3) is 0.182. The standard InChI is InChI=1S/C22H20F3N5O3/c23-22(24,25)14-27-21(31)29-17-4-1-3-16(10-17)19-12-26-20-9-15(6-7-30(19)20)11-28-33-13-18-5-2-8-32-18/h1-10,12,28H,11,13-14H2,(H2,27,29,31). The molecule has 0 aliphatic carbocycles. The Labute approximate surface area is 186 Å². The number of furan rings is 1. The molecule has 3 N–H and O–H groups in total. The number of benzene rings is 1. The lowest BCUT2D eigenvalue weighted by Crippen LogP contribution is -2.36. The quantitative estimate of drug-likeness (QED) is 0.267.